The van der Waals surface area contributed by atoms with Gasteiger partial charge in [-0.25, -0.2) is 0 Å². The lowest BCUT2D eigenvalue weighted by Crippen LogP contribution is -2.57. The Kier molecular flexibility index (Phi) is 7.11. The van der Waals surface area contributed by atoms with Gasteiger partial charge in [0, 0.05) is 12.6 Å². The molecule has 2 rings (SSSR count). The largest absolute Gasteiger partial charge is 0.375 e. The fraction of sp³-hybridized carbons (Fsp3) is 0.929. The van der Waals surface area contributed by atoms with Crippen molar-refractivity contribution in [1.29, 1.82) is 0 Å². The molecule has 5 heteroatoms. The average Bonchev–Trinajstić information content (AvgIpc) is 2.40. The highest BCUT2D eigenvalue weighted by Gasteiger charge is 2.30. The SMILES string of the molecule is CCC1CCC(NC(=O)[C@H]2NCCO[C@@H]2C)CC1.Cl. The van der Waals surface area contributed by atoms with Gasteiger partial charge in [0.2, 0.25) is 5.91 Å². The highest BCUT2D eigenvalue weighted by Crippen LogP contribution is 2.26. The van der Waals surface area contributed by atoms with Crippen LogP contribution >= 0.6 is 12.4 Å². The quantitative estimate of drug-likeness (QED) is 0.834. The van der Waals surface area contributed by atoms with Crippen LogP contribution in [0.1, 0.15) is 46.0 Å². The number of nitrogens with one attached hydrogen (secondary N) is 2. The van der Waals surface area contributed by atoms with Crippen molar-refractivity contribution in [1.82, 2.24) is 10.6 Å². The fourth-order valence-electron chi connectivity index (χ4n) is 3.03. The summed E-state index contributed by atoms with van der Waals surface area (Å²) in [6.45, 7) is 5.69. The second-order valence-corrected chi connectivity index (χ2v) is 5.64. The van der Waals surface area contributed by atoms with Crippen LogP contribution in [0.25, 0.3) is 0 Å². The van der Waals surface area contributed by atoms with Crippen LogP contribution < -0.4 is 10.6 Å². The molecule has 0 aromatic heterocycles. The van der Waals surface area contributed by atoms with Gasteiger partial charge in [0.05, 0.1) is 12.7 Å². The molecule has 1 saturated carbocycles. The fourth-order valence-corrected chi connectivity index (χ4v) is 3.03. The standard InChI is InChI=1S/C14H26N2O2.ClH/c1-3-11-4-6-12(7-5-11)16-14(17)13-10(2)18-9-8-15-13;/h10-13,15H,3-9H2,1-2H3,(H,16,17);1H/t10-,11?,12?,13+;/m1./s1. The third-order valence-corrected chi connectivity index (χ3v) is 4.37. The van der Waals surface area contributed by atoms with E-state index in [1.165, 1.54) is 19.3 Å². The summed E-state index contributed by atoms with van der Waals surface area (Å²) >= 11 is 0. The summed E-state index contributed by atoms with van der Waals surface area (Å²) in [5, 5.41) is 6.42. The van der Waals surface area contributed by atoms with Gasteiger partial charge in [-0.1, -0.05) is 13.3 Å². The van der Waals surface area contributed by atoms with Gasteiger partial charge in [0.15, 0.2) is 0 Å². The predicted octanol–water partition coefficient (Wildman–Crippen LogP) is 1.87. The monoisotopic (exact) mass is 290 g/mol. The van der Waals surface area contributed by atoms with E-state index < -0.39 is 0 Å². The van der Waals surface area contributed by atoms with E-state index in [9.17, 15) is 4.79 Å². The van der Waals surface area contributed by atoms with Crippen LogP contribution in [0.4, 0.5) is 0 Å². The van der Waals surface area contributed by atoms with Gasteiger partial charge in [-0.05, 0) is 38.5 Å². The first-order valence-electron chi connectivity index (χ1n) is 7.36. The molecule has 1 saturated heterocycles. The molecule has 2 atom stereocenters. The number of carbonyl (C=O) groups excluding carboxylic acids is 1. The highest BCUT2D eigenvalue weighted by atomic mass is 35.5. The summed E-state index contributed by atoms with van der Waals surface area (Å²) in [6.07, 6.45) is 6.02. The first-order chi connectivity index (χ1) is 8.70. The van der Waals surface area contributed by atoms with E-state index in [4.69, 9.17) is 4.74 Å². The maximum atomic E-state index is 12.2. The molecule has 0 radical (unpaired) electrons. The van der Waals surface area contributed by atoms with Crippen LogP contribution in [0.15, 0.2) is 0 Å². The van der Waals surface area contributed by atoms with E-state index in [2.05, 4.69) is 17.6 Å². The van der Waals surface area contributed by atoms with Crippen LogP contribution in [0, 0.1) is 5.92 Å². The van der Waals surface area contributed by atoms with Crippen molar-refractivity contribution < 1.29 is 9.53 Å². The van der Waals surface area contributed by atoms with Gasteiger partial charge in [0.1, 0.15) is 6.04 Å². The van der Waals surface area contributed by atoms with Crippen LogP contribution in [0.5, 0.6) is 0 Å². The van der Waals surface area contributed by atoms with Crippen molar-refractivity contribution in [2.75, 3.05) is 13.2 Å². The summed E-state index contributed by atoms with van der Waals surface area (Å²) in [5.41, 5.74) is 0. The molecule has 19 heavy (non-hydrogen) atoms. The molecule has 0 bridgehead atoms. The molecule has 1 aliphatic carbocycles. The molecule has 1 amide bonds. The molecule has 112 valence electrons. The third-order valence-electron chi connectivity index (χ3n) is 4.37. The third kappa shape index (κ3) is 4.62. The van der Waals surface area contributed by atoms with Crippen molar-refractivity contribution >= 4 is 18.3 Å². The van der Waals surface area contributed by atoms with Crippen LogP contribution in [-0.2, 0) is 9.53 Å². The molecule has 2 fully saturated rings. The molecule has 4 nitrogen and oxygen atoms in total. The zero-order chi connectivity index (χ0) is 13.0. The van der Waals surface area contributed by atoms with Crippen molar-refractivity contribution in [3.63, 3.8) is 0 Å². The van der Waals surface area contributed by atoms with E-state index in [1.54, 1.807) is 0 Å². The number of ether oxygens (including phenoxy) is 1. The first kappa shape index (κ1) is 16.7. The predicted molar refractivity (Wildman–Crippen MR) is 78.6 cm³/mol. The minimum atomic E-state index is -0.178. The van der Waals surface area contributed by atoms with Crippen LogP contribution in [0.2, 0.25) is 0 Å². The molecule has 1 aliphatic heterocycles. The van der Waals surface area contributed by atoms with Gasteiger partial charge in [-0.2, -0.15) is 0 Å². The number of amides is 1. The van der Waals surface area contributed by atoms with Crippen LogP contribution in [0.3, 0.4) is 0 Å². The zero-order valence-corrected chi connectivity index (χ0v) is 12.8. The van der Waals surface area contributed by atoms with Crippen molar-refractivity contribution in [3.05, 3.63) is 0 Å². The molecule has 1 heterocycles. The van der Waals surface area contributed by atoms with E-state index in [1.807, 2.05) is 6.92 Å². The van der Waals surface area contributed by atoms with E-state index >= 15 is 0 Å². The smallest absolute Gasteiger partial charge is 0.240 e. The van der Waals surface area contributed by atoms with E-state index in [0.29, 0.717) is 12.6 Å². The zero-order valence-electron chi connectivity index (χ0n) is 12.0. The van der Waals surface area contributed by atoms with Crippen molar-refractivity contribution in [2.24, 2.45) is 5.92 Å². The molecule has 2 aliphatic rings. The van der Waals surface area contributed by atoms with Crippen molar-refractivity contribution in [2.45, 2.75) is 64.1 Å². The summed E-state index contributed by atoms with van der Waals surface area (Å²) in [5.74, 6) is 0.982. The summed E-state index contributed by atoms with van der Waals surface area (Å²) in [7, 11) is 0. The molecule has 0 aromatic rings. The van der Waals surface area contributed by atoms with E-state index in [0.717, 1.165) is 25.3 Å². The summed E-state index contributed by atoms with van der Waals surface area (Å²) < 4.78 is 5.51. The molecule has 0 unspecified atom stereocenters. The second-order valence-electron chi connectivity index (χ2n) is 5.64. The van der Waals surface area contributed by atoms with E-state index in [-0.39, 0.29) is 30.5 Å². The Morgan fingerprint density at radius 2 is 2.00 bits per heavy atom. The van der Waals surface area contributed by atoms with Crippen LogP contribution in [-0.4, -0.2) is 37.2 Å². The van der Waals surface area contributed by atoms with Crippen molar-refractivity contribution in [3.8, 4) is 0 Å². The lowest BCUT2D eigenvalue weighted by Gasteiger charge is -2.33. The normalized spacial score (nSPS) is 35.3. The minimum Gasteiger partial charge on any atom is -0.375 e. The lowest BCUT2D eigenvalue weighted by atomic mass is 9.84. The first-order valence-corrected chi connectivity index (χ1v) is 7.36. The molecule has 0 spiro atoms. The lowest BCUT2D eigenvalue weighted by molar-refractivity contribution is -0.129. The maximum Gasteiger partial charge on any atom is 0.240 e. The Hall–Kier alpha value is -0.320. The van der Waals surface area contributed by atoms with Gasteiger partial charge >= 0.3 is 0 Å². The Morgan fingerprint density at radius 1 is 1.32 bits per heavy atom. The number of morpholine rings is 1. The average molecular weight is 291 g/mol. The second kappa shape index (κ2) is 8.08. The Morgan fingerprint density at radius 3 is 2.58 bits per heavy atom. The summed E-state index contributed by atoms with van der Waals surface area (Å²) in [6, 6.07) is 0.193. The van der Waals surface area contributed by atoms with Gasteiger partial charge in [0.25, 0.3) is 0 Å². The Bertz CT molecular complexity index is 281. The van der Waals surface area contributed by atoms with Gasteiger partial charge < -0.3 is 15.4 Å². The topological polar surface area (TPSA) is 50.4 Å². The molecular formula is C14H27ClN2O2. The Balaban J connectivity index is 0.00000180. The highest BCUT2D eigenvalue weighted by molar-refractivity contribution is 5.85. The number of rotatable bonds is 3. The Labute approximate surface area is 122 Å². The van der Waals surface area contributed by atoms with Gasteiger partial charge in [-0.3, -0.25) is 4.79 Å². The molecule has 2 N–H and O–H groups in total. The molecular weight excluding hydrogens is 264 g/mol. The molecule has 0 aromatic carbocycles. The number of hydrogen-bond donors (Lipinski definition) is 2. The minimum absolute atomic E-state index is 0. The number of halogens is 1. The number of carbonyl (C=O) groups is 1. The van der Waals surface area contributed by atoms with Gasteiger partial charge in [-0.15, -0.1) is 12.4 Å². The summed E-state index contributed by atoms with van der Waals surface area (Å²) in [4.78, 5) is 12.2. The number of hydrogen-bond acceptors (Lipinski definition) is 3. The maximum absolute atomic E-state index is 12.2.